The van der Waals surface area contributed by atoms with Crippen LogP contribution in [0, 0.1) is 5.82 Å². The minimum atomic E-state index is -3.87. The number of halogens is 1. The lowest BCUT2D eigenvalue weighted by Gasteiger charge is -2.07. The van der Waals surface area contributed by atoms with Crippen LogP contribution >= 0.6 is 0 Å². The molecule has 0 unspecified atom stereocenters. The summed E-state index contributed by atoms with van der Waals surface area (Å²) in [5.41, 5.74) is -1.07. The van der Waals surface area contributed by atoms with E-state index in [1.54, 1.807) is 21.0 Å². The van der Waals surface area contributed by atoms with E-state index in [0.717, 1.165) is 0 Å². The first-order valence-electron chi connectivity index (χ1n) is 5.51. The summed E-state index contributed by atoms with van der Waals surface area (Å²) >= 11 is 0. The van der Waals surface area contributed by atoms with Gasteiger partial charge < -0.3 is 4.90 Å². The molecule has 0 aromatic carbocycles. The average Bonchev–Trinajstić information content (AvgIpc) is 2.29. The number of aliphatic imine (C=N–C) groups is 1. The van der Waals surface area contributed by atoms with Crippen molar-refractivity contribution in [3.05, 3.63) is 22.5 Å². The molecule has 0 spiro atoms. The molecule has 1 heterocycles. The molecular formula is C10H15FN4O3S. The van der Waals surface area contributed by atoms with Gasteiger partial charge in [0.15, 0.2) is 11.6 Å². The first kappa shape index (κ1) is 15.3. The minimum Gasteiger partial charge on any atom is -0.369 e. The van der Waals surface area contributed by atoms with Crippen molar-refractivity contribution in [1.29, 1.82) is 0 Å². The lowest BCUT2D eigenvalue weighted by Crippen LogP contribution is -2.31. The summed E-state index contributed by atoms with van der Waals surface area (Å²) in [6, 6.07) is 0. The molecule has 106 valence electrons. The normalized spacial score (nSPS) is 12.0. The van der Waals surface area contributed by atoms with Gasteiger partial charge in [-0.2, -0.15) is 8.96 Å². The summed E-state index contributed by atoms with van der Waals surface area (Å²) in [7, 11) is -0.550. The van der Waals surface area contributed by atoms with Crippen LogP contribution < -0.4 is 5.69 Å². The molecule has 1 rings (SSSR count). The van der Waals surface area contributed by atoms with Crippen molar-refractivity contribution in [2.45, 2.75) is 13.3 Å². The molecule has 7 nitrogen and oxygen atoms in total. The highest BCUT2D eigenvalue weighted by molar-refractivity contribution is 7.89. The summed E-state index contributed by atoms with van der Waals surface area (Å²) < 4.78 is 37.3. The number of hydrogen-bond acceptors (Lipinski definition) is 5. The maximum Gasteiger partial charge on any atom is 0.363 e. The standard InChI is InChI=1S/C10H15FN4O3S/c1-4-5-19(17,18)15-6-8(11)9(13-10(15)16)12-7-14(2)3/h6-7H,4-5H2,1-3H3. The van der Waals surface area contributed by atoms with E-state index in [9.17, 15) is 17.6 Å². The largest absolute Gasteiger partial charge is 0.369 e. The van der Waals surface area contributed by atoms with Crippen LogP contribution in [-0.2, 0) is 10.0 Å². The van der Waals surface area contributed by atoms with Crippen LogP contribution in [0.2, 0.25) is 0 Å². The molecule has 0 atom stereocenters. The second kappa shape index (κ2) is 5.91. The van der Waals surface area contributed by atoms with Crippen molar-refractivity contribution in [3.63, 3.8) is 0 Å². The summed E-state index contributed by atoms with van der Waals surface area (Å²) in [5, 5.41) is 0. The maximum atomic E-state index is 13.6. The Morgan fingerprint density at radius 1 is 1.53 bits per heavy atom. The lowest BCUT2D eigenvalue weighted by molar-refractivity contribution is 0.570. The van der Waals surface area contributed by atoms with Crippen molar-refractivity contribution in [3.8, 4) is 0 Å². The molecule has 0 saturated heterocycles. The van der Waals surface area contributed by atoms with Crippen LogP contribution in [0.3, 0.4) is 0 Å². The average molecular weight is 290 g/mol. The molecule has 9 heteroatoms. The second-order valence-corrected chi connectivity index (χ2v) is 5.98. The van der Waals surface area contributed by atoms with Gasteiger partial charge in [-0.05, 0) is 6.42 Å². The molecule has 0 N–H and O–H groups in total. The number of aromatic nitrogens is 2. The summed E-state index contributed by atoms with van der Waals surface area (Å²) in [6.07, 6.45) is 2.18. The molecule has 1 aromatic heterocycles. The van der Waals surface area contributed by atoms with Gasteiger partial charge in [0.05, 0.1) is 18.3 Å². The smallest absolute Gasteiger partial charge is 0.363 e. The van der Waals surface area contributed by atoms with Gasteiger partial charge in [0, 0.05) is 14.1 Å². The molecule has 0 radical (unpaired) electrons. The van der Waals surface area contributed by atoms with Gasteiger partial charge in [0.2, 0.25) is 10.0 Å². The van der Waals surface area contributed by atoms with Gasteiger partial charge in [0.25, 0.3) is 0 Å². The Morgan fingerprint density at radius 2 is 2.16 bits per heavy atom. The minimum absolute atomic E-state index is 0.256. The first-order chi connectivity index (χ1) is 8.77. The predicted octanol–water partition coefficient (Wildman–Crippen LogP) is 0.192. The summed E-state index contributed by atoms with van der Waals surface area (Å²) in [4.78, 5) is 20.1. The van der Waals surface area contributed by atoms with Crippen LogP contribution in [0.15, 0.2) is 16.0 Å². The third-order valence-corrected chi connectivity index (χ3v) is 3.79. The van der Waals surface area contributed by atoms with E-state index in [2.05, 4.69) is 9.98 Å². The van der Waals surface area contributed by atoms with E-state index >= 15 is 0 Å². The fourth-order valence-corrected chi connectivity index (χ4v) is 2.47. The highest BCUT2D eigenvalue weighted by Gasteiger charge is 2.17. The van der Waals surface area contributed by atoms with Crippen LogP contribution in [0.1, 0.15) is 13.3 Å². The Hall–Kier alpha value is -1.77. The van der Waals surface area contributed by atoms with E-state index < -0.39 is 27.3 Å². The summed E-state index contributed by atoms with van der Waals surface area (Å²) in [5.74, 6) is -1.67. The van der Waals surface area contributed by atoms with Gasteiger partial charge >= 0.3 is 5.69 Å². The fourth-order valence-electron chi connectivity index (χ4n) is 1.23. The predicted molar refractivity (Wildman–Crippen MR) is 69.8 cm³/mol. The maximum absolute atomic E-state index is 13.6. The molecule has 1 aromatic rings. The molecule has 0 fully saturated rings. The van der Waals surface area contributed by atoms with Crippen LogP contribution in [0.25, 0.3) is 0 Å². The Labute approximate surface area is 110 Å². The van der Waals surface area contributed by atoms with Crippen molar-refractivity contribution >= 4 is 22.2 Å². The zero-order chi connectivity index (χ0) is 14.6. The van der Waals surface area contributed by atoms with Crippen molar-refractivity contribution in [1.82, 2.24) is 13.9 Å². The molecule has 0 amide bonds. The third-order valence-electron chi connectivity index (χ3n) is 2.01. The van der Waals surface area contributed by atoms with E-state index in [1.807, 2.05) is 0 Å². The van der Waals surface area contributed by atoms with Gasteiger partial charge in [-0.25, -0.2) is 22.6 Å². The van der Waals surface area contributed by atoms with Crippen LogP contribution in [0.5, 0.6) is 0 Å². The van der Waals surface area contributed by atoms with Crippen molar-refractivity contribution in [2.75, 3.05) is 19.8 Å². The second-order valence-electron chi connectivity index (χ2n) is 4.02. The van der Waals surface area contributed by atoms with Gasteiger partial charge in [-0.15, -0.1) is 0 Å². The molecular weight excluding hydrogens is 275 g/mol. The van der Waals surface area contributed by atoms with E-state index in [0.29, 0.717) is 16.6 Å². The molecule has 0 aliphatic rings. The highest BCUT2D eigenvalue weighted by Crippen LogP contribution is 2.11. The molecule has 19 heavy (non-hydrogen) atoms. The Bertz CT molecular complexity index is 637. The molecule has 0 saturated carbocycles. The summed E-state index contributed by atoms with van der Waals surface area (Å²) in [6.45, 7) is 1.64. The molecule has 0 bridgehead atoms. The van der Waals surface area contributed by atoms with E-state index in [-0.39, 0.29) is 5.75 Å². The van der Waals surface area contributed by atoms with E-state index in [1.165, 1.54) is 11.2 Å². The topological polar surface area (TPSA) is 84.6 Å². The number of hydrogen-bond donors (Lipinski definition) is 0. The zero-order valence-electron chi connectivity index (χ0n) is 10.9. The Kier molecular flexibility index (Phi) is 4.76. The Balaban J connectivity index is 3.29. The third kappa shape index (κ3) is 3.85. The SMILES string of the molecule is CCCS(=O)(=O)n1cc(F)c(N=CN(C)C)nc1=O. The van der Waals surface area contributed by atoms with Crippen molar-refractivity contribution in [2.24, 2.45) is 4.99 Å². The van der Waals surface area contributed by atoms with Gasteiger partial charge in [-0.3, -0.25) is 0 Å². The van der Waals surface area contributed by atoms with Crippen LogP contribution in [-0.4, -0.2) is 48.5 Å². The van der Waals surface area contributed by atoms with Crippen molar-refractivity contribution < 1.29 is 12.8 Å². The van der Waals surface area contributed by atoms with E-state index in [4.69, 9.17) is 0 Å². The fraction of sp³-hybridized carbons (Fsp3) is 0.500. The monoisotopic (exact) mass is 290 g/mol. The zero-order valence-corrected chi connectivity index (χ0v) is 11.7. The highest BCUT2D eigenvalue weighted by atomic mass is 32.2. The van der Waals surface area contributed by atoms with Crippen LogP contribution in [0.4, 0.5) is 10.2 Å². The lowest BCUT2D eigenvalue weighted by atomic mass is 10.6. The Morgan fingerprint density at radius 3 is 2.68 bits per heavy atom. The first-order valence-corrected chi connectivity index (χ1v) is 7.12. The van der Waals surface area contributed by atoms with Gasteiger partial charge in [0.1, 0.15) is 0 Å². The quantitative estimate of drug-likeness (QED) is 0.571. The molecule has 0 aliphatic carbocycles. The van der Waals surface area contributed by atoms with Gasteiger partial charge in [-0.1, -0.05) is 6.92 Å². The number of nitrogens with zero attached hydrogens (tertiary/aromatic N) is 4. The number of rotatable bonds is 5. The molecule has 0 aliphatic heterocycles.